The molecule has 0 radical (unpaired) electrons. The Balaban J connectivity index is 0.000000406. The molecule has 34 heavy (non-hydrogen) atoms. The Hall–Kier alpha value is -3.80. The molecule has 1 atom stereocenters. The van der Waals surface area contributed by atoms with Gasteiger partial charge in [0.2, 0.25) is 5.95 Å². The number of pyridine rings is 1. The standard InChI is InChI=1S/C20H20FN5O.C2HF3O2/c1-11-4-6-24-10-16(11)15-9-20(23,19(22)26-17(15)21)13-2-3-14-12(8-13)5-7-25-18(14)27;3-2(4,5)1(6)7/h2-4,6,8,10H,5,7,9,23H2,1H3,(H2,22,26)(H,25,27);(H,6,7). The monoisotopic (exact) mass is 479 g/mol. The van der Waals surface area contributed by atoms with Crippen molar-refractivity contribution in [3.05, 3.63) is 70.4 Å². The molecule has 1 amide bonds. The molecule has 6 N–H and O–H groups in total. The Kier molecular flexibility index (Phi) is 6.73. The number of carbonyl (C=O) groups is 2. The minimum Gasteiger partial charge on any atom is -0.475 e. The molecule has 1 aromatic carbocycles. The van der Waals surface area contributed by atoms with E-state index in [0.717, 1.165) is 11.1 Å². The number of aryl methyl sites for hydroxylation is 1. The average molecular weight is 479 g/mol. The van der Waals surface area contributed by atoms with Crippen LogP contribution < -0.4 is 16.8 Å². The second-order valence-electron chi connectivity index (χ2n) is 7.79. The summed E-state index contributed by atoms with van der Waals surface area (Å²) in [4.78, 5) is 28.9. The third-order valence-electron chi connectivity index (χ3n) is 5.53. The third kappa shape index (κ3) is 4.91. The SMILES string of the molecule is Cc1ccncc1C1=C(F)N=C(N)C(N)(c2ccc3c(c2)CCNC3=O)C1.O=C(O)C(F)(F)F. The molecule has 1 unspecified atom stereocenters. The lowest BCUT2D eigenvalue weighted by molar-refractivity contribution is -0.192. The summed E-state index contributed by atoms with van der Waals surface area (Å²) in [5.74, 6) is -3.48. The summed E-state index contributed by atoms with van der Waals surface area (Å²) in [6.07, 6.45) is -0.951. The topological polar surface area (TPSA) is 144 Å². The summed E-state index contributed by atoms with van der Waals surface area (Å²) in [7, 11) is 0. The molecule has 180 valence electrons. The Bertz CT molecular complexity index is 1210. The summed E-state index contributed by atoms with van der Waals surface area (Å²) in [6, 6.07) is 7.20. The highest BCUT2D eigenvalue weighted by Gasteiger charge is 2.39. The largest absolute Gasteiger partial charge is 0.490 e. The number of hydrogen-bond acceptors (Lipinski definition) is 6. The van der Waals surface area contributed by atoms with Crippen LogP contribution in [0.3, 0.4) is 0 Å². The lowest BCUT2D eigenvalue weighted by Crippen LogP contribution is -2.51. The molecule has 0 fully saturated rings. The van der Waals surface area contributed by atoms with Crippen molar-refractivity contribution in [3.63, 3.8) is 0 Å². The second kappa shape index (κ2) is 9.21. The number of carbonyl (C=O) groups excluding carboxylic acids is 1. The number of aromatic nitrogens is 1. The molecule has 0 spiro atoms. The van der Waals surface area contributed by atoms with Gasteiger partial charge < -0.3 is 21.9 Å². The summed E-state index contributed by atoms with van der Waals surface area (Å²) in [5, 5.41) is 9.94. The molecule has 8 nitrogen and oxygen atoms in total. The van der Waals surface area contributed by atoms with Gasteiger partial charge in [-0.2, -0.15) is 17.6 Å². The maximum absolute atomic E-state index is 14.6. The van der Waals surface area contributed by atoms with Crippen LogP contribution in [0.5, 0.6) is 0 Å². The highest BCUT2D eigenvalue weighted by atomic mass is 19.4. The van der Waals surface area contributed by atoms with E-state index in [4.69, 9.17) is 21.4 Å². The second-order valence-corrected chi connectivity index (χ2v) is 7.79. The van der Waals surface area contributed by atoms with Crippen LogP contribution in [0.1, 0.15) is 39.0 Å². The average Bonchev–Trinajstić information content (AvgIpc) is 2.77. The van der Waals surface area contributed by atoms with E-state index >= 15 is 0 Å². The van der Waals surface area contributed by atoms with Gasteiger partial charge in [-0.3, -0.25) is 9.78 Å². The number of amidine groups is 1. The molecule has 3 heterocycles. The number of amides is 1. The summed E-state index contributed by atoms with van der Waals surface area (Å²) < 4.78 is 46.4. The number of alkyl halides is 3. The molecule has 2 aliphatic heterocycles. The van der Waals surface area contributed by atoms with E-state index in [2.05, 4.69) is 15.3 Å². The smallest absolute Gasteiger partial charge is 0.475 e. The molecule has 2 aliphatic rings. The predicted octanol–water partition coefficient (Wildman–Crippen LogP) is 2.56. The van der Waals surface area contributed by atoms with Gasteiger partial charge >= 0.3 is 12.1 Å². The Morgan fingerprint density at radius 3 is 2.53 bits per heavy atom. The van der Waals surface area contributed by atoms with Crippen molar-refractivity contribution in [2.45, 2.75) is 31.5 Å². The van der Waals surface area contributed by atoms with Crippen LogP contribution in [0.4, 0.5) is 17.6 Å². The van der Waals surface area contributed by atoms with E-state index in [0.29, 0.717) is 35.2 Å². The van der Waals surface area contributed by atoms with Crippen molar-refractivity contribution in [2.75, 3.05) is 6.54 Å². The van der Waals surface area contributed by atoms with E-state index in [1.165, 1.54) is 0 Å². The van der Waals surface area contributed by atoms with E-state index < -0.39 is 23.6 Å². The molecule has 0 aliphatic carbocycles. The lowest BCUT2D eigenvalue weighted by Gasteiger charge is -2.34. The van der Waals surface area contributed by atoms with Crippen LogP contribution in [0.25, 0.3) is 5.57 Å². The number of rotatable bonds is 2. The van der Waals surface area contributed by atoms with Crippen LogP contribution in [0.15, 0.2) is 47.6 Å². The van der Waals surface area contributed by atoms with Gasteiger partial charge in [-0.25, -0.2) is 9.79 Å². The molecule has 12 heteroatoms. The number of fused-ring (bicyclic) bond motifs is 1. The first-order chi connectivity index (χ1) is 15.8. The maximum atomic E-state index is 14.6. The van der Waals surface area contributed by atoms with Crippen LogP contribution in [-0.4, -0.2) is 40.5 Å². The van der Waals surface area contributed by atoms with Gasteiger partial charge in [0.25, 0.3) is 5.91 Å². The third-order valence-corrected chi connectivity index (χ3v) is 5.53. The first-order valence-corrected chi connectivity index (χ1v) is 9.99. The number of nitrogens with one attached hydrogen (secondary N) is 1. The maximum Gasteiger partial charge on any atom is 0.490 e. The number of carboxylic acids is 1. The van der Waals surface area contributed by atoms with Crippen LogP contribution in [-0.2, 0) is 16.8 Å². The zero-order valence-electron chi connectivity index (χ0n) is 17.9. The first kappa shape index (κ1) is 24.8. The quantitative estimate of drug-likeness (QED) is 0.385. The van der Waals surface area contributed by atoms with Crippen molar-refractivity contribution in [2.24, 2.45) is 16.5 Å². The minimum absolute atomic E-state index is 0.0190. The zero-order valence-corrected chi connectivity index (χ0v) is 17.9. The van der Waals surface area contributed by atoms with E-state index in [1.54, 1.807) is 24.5 Å². The number of nitrogens with two attached hydrogens (primary N) is 2. The van der Waals surface area contributed by atoms with Gasteiger partial charge in [0.05, 0.1) is 0 Å². The normalized spacial score (nSPS) is 19.9. The number of aliphatic carboxylic acids is 1. The van der Waals surface area contributed by atoms with Gasteiger partial charge in [0, 0.05) is 42.1 Å². The minimum atomic E-state index is -5.08. The molecular formula is C22H21F4N5O3. The summed E-state index contributed by atoms with van der Waals surface area (Å²) >= 11 is 0. The lowest BCUT2D eigenvalue weighted by atomic mass is 9.78. The molecule has 0 saturated carbocycles. The van der Waals surface area contributed by atoms with Crippen molar-refractivity contribution in [1.82, 2.24) is 10.3 Å². The van der Waals surface area contributed by atoms with Crippen LogP contribution in [0, 0.1) is 6.92 Å². The van der Waals surface area contributed by atoms with Crippen molar-refractivity contribution < 1.29 is 32.3 Å². The fourth-order valence-corrected chi connectivity index (χ4v) is 3.66. The molecule has 2 aromatic rings. The Morgan fingerprint density at radius 2 is 1.91 bits per heavy atom. The highest BCUT2D eigenvalue weighted by molar-refractivity contribution is 5.99. The fourth-order valence-electron chi connectivity index (χ4n) is 3.66. The molecule has 1 aromatic heterocycles. The van der Waals surface area contributed by atoms with E-state index in [9.17, 15) is 22.4 Å². The number of nitrogens with zero attached hydrogens (tertiary/aromatic N) is 2. The van der Waals surface area contributed by atoms with Gasteiger partial charge in [0.15, 0.2) is 0 Å². The highest BCUT2D eigenvalue weighted by Crippen LogP contribution is 2.39. The van der Waals surface area contributed by atoms with Crippen molar-refractivity contribution in [1.29, 1.82) is 0 Å². The first-order valence-electron chi connectivity index (χ1n) is 9.99. The Labute approximate surface area is 191 Å². The fraction of sp³-hybridized carbons (Fsp3) is 0.273. The van der Waals surface area contributed by atoms with Crippen molar-refractivity contribution in [3.8, 4) is 0 Å². The summed E-state index contributed by atoms with van der Waals surface area (Å²) in [6.45, 7) is 2.46. The molecule has 4 rings (SSSR count). The zero-order chi connectivity index (χ0) is 25.3. The van der Waals surface area contributed by atoms with Crippen LogP contribution >= 0.6 is 0 Å². The number of benzene rings is 1. The summed E-state index contributed by atoms with van der Waals surface area (Å²) in [5.41, 5.74) is 15.7. The van der Waals surface area contributed by atoms with E-state index in [-0.39, 0.29) is 18.2 Å². The van der Waals surface area contributed by atoms with Crippen molar-refractivity contribution >= 4 is 23.3 Å². The number of aliphatic imine (C=N–C) groups is 1. The number of carboxylic acid groups (broad SMARTS) is 1. The molecule has 0 saturated heterocycles. The molecular weight excluding hydrogens is 458 g/mol. The molecule has 0 bridgehead atoms. The van der Waals surface area contributed by atoms with Crippen LogP contribution in [0.2, 0.25) is 0 Å². The van der Waals surface area contributed by atoms with Gasteiger partial charge in [-0.15, -0.1) is 0 Å². The van der Waals surface area contributed by atoms with Gasteiger partial charge in [0.1, 0.15) is 11.4 Å². The Morgan fingerprint density at radius 1 is 1.24 bits per heavy atom. The number of hydrogen-bond donors (Lipinski definition) is 4. The predicted molar refractivity (Wildman–Crippen MR) is 115 cm³/mol. The van der Waals surface area contributed by atoms with E-state index in [1.807, 2.05) is 19.1 Å². The van der Waals surface area contributed by atoms with Gasteiger partial charge in [-0.05, 0) is 42.2 Å². The number of halogens is 4. The van der Waals surface area contributed by atoms with Gasteiger partial charge in [-0.1, -0.05) is 12.1 Å².